The average Bonchev–Trinajstić information content (AvgIpc) is 2.16. The van der Waals surface area contributed by atoms with Crippen LogP contribution in [0.5, 0.6) is 0 Å². The first-order valence-corrected chi connectivity index (χ1v) is 6.86. The lowest BCUT2D eigenvalue weighted by Crippen LogP contribution is -2.53. The number of hydrogen-bond acceptors (Lipinski definition) is 3. The van der Waals surface area contributed by atoms with E-state index in [4.69, 9.17) is 5.11 Å². The molecule has 1 saturated heterocycles. The molecule has 5 nitrogen and oxygen atoms in total. The van der Waals surface area contributed by atoms with E-state index >= 15 is 0 Å². The van der Waals surface area contributed by atoms with E-state index in [1.807, 2.05) is 0 Å². The molecule has 6 heteroatoms. The Balaban J connectivity index is 3.05. The lowest BCUT2D eigenvalue weighted by Gasteiger charge is -2.36. The molecule has 1 aliphatic rings. The Morgan fingerprint density at radius 1 is 1.31 bits per heavy atom. The van der Waals surface area contributed by atoms with Crippen molar-refractivity contribution in [2.45, 2.75) is 50.8 Å². The third-order valence-electron chi connectivity index (χ3n) is 2.82. The number of carboxylic acid groups (broad SMARTS) is 1. The van der Waals surface area contributed by atoms with Gasteiger partial charge in [0.15, 0.2) is 0 Å². The molecule has 0 amide bonds. The number of rotatable bonds is 2. The molecule has 1 heterocycles. The summed E-state index contributed by atoms with van der Waals surface area (Å²) in [6, 6.07) is -0.891. The Morgan fingerprint density at radius 2 is 1.88 bits per heavy atom. The summed E-state index contributed by atoms with van der Waals surface area (Å²) in [6.07, 6.45) is 1.91. The van der Waals surface area contributed by atoms with E-state index < -0.39 is 26.8 Å². The van der Waals surface area contributed by atoms with Crippen LogP contribution in [0.25, 0.3) is 0 Å². The third kappa shape index (κ3) is 2.38. The maximum atomic E-state index is 12.2. The first kappa shape index (κ1) is 13.4. The first-order valence-electron chi connectivity index (χ1n) is 5.42. The zero-order valence-corrected chi connectivity index (χ0v) is 10.7. The largest absolute Gasteiger partial charge is 0.480 e. The van der Waals surface area contributed by atoms with Gasteiger partial charge in [0.1, 0.15) is 6.04 Å². The maximum absolute atomic E-state index is 12.2. The molecule has 1 N–H and O–H groups in total. The second-order valence-electron chi connectivity index (χ2n) is 5.08. The summed E-state index contributed by atoms with van der Waals surface area (Å²) in [5.74, 6) is -1.05. The van der Waals surface area contributed by atoms with Gasteiger partial charge in [0, 0.05) is 6.54 Å². The fourth-order valence-electron chi connectivity index (χ4n) is 1.79. The standard InChI is InChI=1S/C10H19NO4S/c1-10(2,3)16(14,15)11-7-5-4-6-8(11)9(12)13/h8H,4-7H2,1-3H3,(H,12,13)/t8-/m1/s1. The van der Waals surface area contributed by atoms with Gasteiger partial charge in [-0.3, -0.25) is 4.79 Å². The first-order chi connectivity index (χ1) is 7.18. The highest BCUT2D eigenvalue weighted by molar-refractivity contribution is 7.90. The average molecular weight is 249 g/mol. The van der Waals surface area contributed by atoms with Crippen LogP contribution >= 0.6 is 0 Å². The zero-order valence-electron chi connectivity index (χ0n) is 9.93. The van der Waals surface area contributed by atoms with E-state index in [1.165, 1.54) is 0 Å². The van der Waals surface area contributed by atoms with E-state index in [2.05, 4.69) is 0 Å². The van der Waals surface area contributed by atoms with E-state index in [9.17, 15) is 13.2 Å². The number of aliphatic carboxylic acids is 1. The van der Waals surface area contributed by atoms with Gasteiger partial charge in [0.2, 0.25) is 10.0 Å². The summed E-state index contributed by atoms with van der Waals surface area (Å²) in [5, 5.41) is 9.03. The summed E-state index contributed by atoms with van der Waals surface area (Å²) >= 11 is 0. The van der Waals surface area contributed by atoms with Crippen molar-refractivity contribution < 1.29 is 18.3 Å². The van der Waals surface area contributed by atoms with Crippen molar-refractivity contribution in [3.05, 3.63) is 0 Å². The minimum atomic E-state index is -3.54. The number of hydrogen-bond donors (Lipinski definition) is 1. The molecule has 0 unspecified atom stereocenters. The van der Waals surface area contributed by atoms with Crippen LogP contribution in [-0.4, -0.2) is 41.1 Å². The summed E-state index contributed by atoms with van der Waals surface area (Å²) in [4.78, 5) is 11.0. The van der Waals surface area contributed by atoms with Crippen LogP contribution in [0.2, 0.25) is 0 Å². The van der Waals surface area contributed by atoms with Crippen molar-refractivity contribution in [3.63, 3.8) is 0 Å². The number of nitrogens with zero attached hydrogens (tertiary/aromatic N) is 1. The maximum Gasteiger partial charge on any atom is 0.322 e. The van der Waals surface area contributed by atoms with Crippen molar-refractivity contribution in [1.29, 1.82) is 0 Å². The second-order valence-corrected chi connectivity index (χ2v) is 7.72. The molecular formula is C10H19NO4S. The molecule has 1 aliphatic heterocycles. The molecule has 0 aromatic rings. The smallest absolute Gasteiger partial charge is 0.322 e. The van der Waals surface area contributed by atoms with Gasteiger partial charge in [-0.1, -0.05) is 0 Å². The number of sulfonamides is 1. The Hall–Kier alpha value is -0.620. The molecule has 1 atom stereocenters. The fourth-order valence-corrected chi connectivity index (χ4v) is 3.39. The molecule has 0 aromatic heterocycles. The van der Waals surface area contributed by atoms with E-state index in [0.717, 1.165) is 17.1 Å². The van der Waals surface area contributed by atoms with Crippen molar-refractivity contribution in [3.8, 4) is 0 Å². The lowest BCUT2D eigenvalue weighted by atomic mass is 10.1. The molecule has 0 saturated carbocycles. The Bertz CT molecular complexity index is 369. The third-order valence-corrected chi connectivity index (χ3v) is 5.42. The number of piperidine rings is 1. The van der Waals surface area contributed by atoms with Gasteiger partial charge < -0.3 is 5.11 Å². The quantitative estimate of drug-likeness (QED) is 0.794. The van der Waals surface area contributed by atoms with E-state index in [1.54, 1.807) is 20.8 Å². The summed E-state index contributed by atoms with van der Waals surface area (Å²) < 4.78 is 24.6. The highest BCUT2D eigenvalue weighted by atomic mass is 32.2. The minimum absolute atomic E-state index is 0.316. The predicted octanol–water partition coefficient (Wildman–Crippen LogP) is 1.05. The van der Waals surface area contributed by atoms with Crippen molar-refractivity contribution in [1.82, 2.24) is 4.31 Å². The molecule has 0 radical (unpaired) electrons. The predicted molar refractivity (Wildman–Crippen MR) is 60.7 cm³/mol. The van der Waals surface area contributed by atoms with Crippen LogP contribution in [-0.2, 0) is 14.8 Å². The second kappa shape index (κ2) is 4.33. The number of carboxylic acids is 1. The van der Waals surface area contributed by atoms with Gasteiger partial charge in [-0.15, -0.1) is 0 Å². The van der Waals surface area contributed by atoms with Crippen LogP contribution in [0.3, 0.4) is 0 Å². The van der Waals surface area contributed by atoms with Crippen LogP contribution in [0, 0.1) is 0 Å². The highest BCUT2D eigenvalue weighted by Gasteiger charge is 2.42. The zero-order chi connectivity index (χ0) is 12.6. The van der Waals surface area contributed by atoms with E-state index in [0.29, 0.717) is 13.0 Å². The van der Waals surface area contributed by atoms with Gasteiger partial charge in [0.25, 0.3) is 0 Å². The van der Waals surface area contributed by atoms with Crippen LogP contribution in [0.1, 0.15) is 40.0 Å². The molecule has 1 fully saturated rings. The van der Waals surface area contributed by atoms with Crippen LogP contribution < -0.4 is 0 Å². The van der Waals surface area contributed by atoms with Gasteiger partial charge in [-0.25, -0.2) is 8.42 Å². The molecule has 16 heavy (non-hydrogen) atoms. The Labute approximate surface area is 96.5 Å². The number of carbonyl (C=O) groups is 1. The molecule has 0 spiro atoms. The van der Waals surface area contributed by atoms with Crippen LogP contribution in [0.4, 0.5) is 0 Å². The summed E-state index contributed by atoms with van der Waals surface area (Å²) in [6.45, 7) is 5.10. The summed E-state index contributed by atoms with van der Waals surface area (Å²) in [5.41, 5.74) is 0. The van der Waals surface area contributed by atoms with Gasteiger partial charge in [-0.05, 0) is 40.0 Å². The normalized spacial score (nSPS) is 24.3. The Morgan fingerprint density at radius 3 is 2.31 bits per heavy atom. The fraction of sp³-hybridized carbons (Fsp3) is 0.900. The molecular weight excluding hydrogens is 230 g/mol. The molecule has 0 aromatic carbocycles. The van der Waals surface area contributed by atoms with Crippen molar-refractivity contribution >= 4 is 16.0 Å². The summed E-state index contributed by atoms with van der Waals surface area (Å²) in [7, 11) is -3.54. The van der Waals surface area contributed by atoms with Gasteiger partial charge >= 0.3 is 5.97 Å². The highest BCUT2D eigenvalue weighted by Crippen LogP contribution is 2.27. The van der Waals surface area contributed by atoms with Gasteiger partial charge in [-0.2, -0.15) is 4.31 Å². The molecule has 0 aliphatic carbocycles. The lowest BCUT2D eigenvalue weighted by molar-refractivity contribution is -0.142. The topological polar surface area (TPSA) is 74.7 Å². The SMILES string of the molecule is CC(C)(C)S(=O)(=O)N1CCCC[C@@H]1C(=O)O. The molecule has 0 bridgehead atoms. The Kier molecular flexibility index (Phi) is 3.64. The molecule has 94 valence electrons. The minimum Gasteiger partial charge on any atom is -0.480 e. The monoisotopic (exact) mass is 249 g/mol. The molecule has 1 rings (SSSR count). The van der Waals surface area contributed by atoms with Gasteiger partial charge in [0.05, 0.1) is 4.75 Å². The van der Waals surface area contributed by atoms with Crippen molar-refractivity contribution in [2.24, 2.45) is 0 Å². The van der Waals surface area contributed by atoms with E-state index in [-0.39, 0.29) is 0 Å². The van der Waals surface area contributed by atoms with Crippen molar-refractivity contribution in [2.75, 3.05) is 6.54 Å². The van der Waals surface area contributed by atoms with Crippen LogP contribution in [0.15, 0.2) is 0 Å².